The summed E-state index contributed by atoms with van der Waals surface area (Å²) in [6.07, 6.45) is 0.455. The lowest BCUT2D eigenvalue weighted by molar-refractivity contribution is -0.164. The third-order valence-corrected chi connectivity index (χ3v) is 1.77. The van der Waals surface area contributed by atoms with E-state index in [1.165, 1.54) is 0 Å². The zero-order valence-corrected chi connectivity index (χ0v) is 7.05. The normalized spacial score (nSPS) is 20.5. The molecule has 1 saturated heterocycles. The van der Waals surface area contributed by atoms with Crippen molar-refractivity contribution in [2.24, 2.45) is 5.41 Å². The number of carbonyl (C=O) groups is 1. The van der Waals surface area contributed by atoms with E-state index in [1.54, 1.807) is 6.92 Å². The Balaban J connectivity index is 2.16. The van der Waals surface area contributed by atoms with Gasteiger partial charge in [-0.2, -0.15) is 0 Å². The van der Waals surface area contributed by atoms with E-state index in [-0.39, 0.29) is 11.4 Å². The van der Waals surface area contributed by atoms with Crippen LogP contribution >= 0.6 is 0 Å². The smallest absolute Gasteiger partial charge is 0.305 e. The quantitative estimate of drug-likeness (QED) is 0.574. The second-order valence-corrected chi connectivity index (χ2v) is 3.32. The molecule has 1 fully saturated rings. The lowest BCUT2D eigenvalue weighted by Crippen LogP contribution is -2.44. The van der Waals surface area contributed by atoms with Crippen molar-refractivity contribution in [3.05, 3.63) is 0 Å². The van der Waals surface area contributed by atoms with E-state index >= 15 is 0 Å². The Kier molecular flexibility index (Phi) is 2.49. The molecule has 0 bridgehead atoms. The van der Waals surface area contributed by atoms with Gasteiger partial charge >= 0.3 is 5.97 Å². The molecule has 64 valence electrons. The topological polar surface area (TPSA) is 35.5 Å². The fraction of sp³-hybridized carbons (Fsp3) is 0.875. The Labute approximate surface area is 66.7 Å². The number of ether oxygens (including phenoxy) is 2. The minimum Gasteiger partial charge on any atom is -0.465 e. The average molecular weight is 158 g/mol. The lowest BCUT2D eigenvalue weighted by Gasteiger charge is -2.37. The van der Waals surface area contributed by atoms with Crippen LogP contribution in [0.15, 0.2) is 0 Å². The molecule has 0 radical (unpaired) electrons. The van der Waals surface area contributed by atoms with E-state index in [4.69, 9.17) is 9.47 Å². The Morgan fingerprint density at radius 2 is 2.27 bits per heavy atom. The molecule has 0 aliphatic carbocycles. The molecule has 11 heavy (non-hydrogen) atoms. The molecule has 3 nitrogen and oxygen atoms in total. The van der Waals surface area contributed by atoms with Crippen molar-refractivity contribution in [1.82, 2.24) is 0 Å². The van der Waals surface area contributed by atoms with Gasteiger partial charge in [0.1, 0.15) is 6.61 Å². The van der Waals surface area contributed by atoms with Crippen molar-refractivity contribution in [2.45, 2.75) is 20.3 Å². The number of carbonyl (C=O) groups excluding carboxylic acids is 1. The maximum absolute atomic E-state index is 10.7. The highest BCUT2D eigenvalue weighted by Gasteiger charge is 2.34. The van der Waals surface area contributed by atoms with E-state index in [0.717, 1.165) is 0 Å². The standard InChI is InChI=1S/C8H14O3/c1-3-7(9)11-6-8(2)4-10-5-8/h3-6H2,1-2H3. The van der Waals surface area contributed by atoms with Gasteiger partial charge in [0.2, 0.25) is 0 Å². The summed E-state index contributed by atoms with van der Waals surface area (Å²) < 4.78 is 9.99. The molecule has 1 rings (SSSR count). The van der Waals surface area contributed by atoms with Crippen LogP contribution in [-0.2, 0) is 14.3 Å². The number of hydrogen-bond acceptors (Lipinski definition) is 3. The van der Waals surface area contributed by atoms with Gasteiger partial charge in [0.05, 0.1) is 13.2 Å². The highest BCUT2D eigenvalue weighted by Crippen LogP contribution is 2.26. The summed E-state index contributed by atoms with van der Waals surface area (Å²) >= 11 is 0. The van der Waals surface area contributed by atoms with Crippen LogP contribution < -0.4 is 0 Å². The molecule has 0 saturated carbocycles. The number of esters is 1. The first-order valence-corrected chi connectivity index (χ1v) is 3.90. The van der Waals surface area contributed by atoms with Crippen LogP contribution in [0.3, 0.4) is 0 Å². The van der Waals surface area contributed by atoms with Gasteiger partial charge in [-0.1, -0.05) is 13.8 Å². The second-order valence-electron chi connectivity index (χ2n) is 3.32. The van der Waals surface area contributed by atoms with Gasteiger partial charge in [0.25, 0.3) is 0 Å². The number of rotatable bonds is 3. The largest absolute Gasteiger partial charge is 0.465 e. The Morgan fingerprint density at radius 1 is 1.64 bits per heavy atom. The van der Waals surface area contributed by atoms with Gasteiger partial charge in [0, 0.05) is 11.8 Å². The first-order chi connectivity index (χ1) is 5.16. The van der Waals surface area contributed by atoms with Crippen molar-refractivity contribution in [3.63, 3.8) is 0 Å². The predicted octanol–water partition coefficient (Wildman–Crippen LogP) is 0.976. The second kappa shape index (κ2) is 3.22. The summed E-state index contributed by atoms with van der Waals surface area (Å²) in [7, 11) is 0. The predicted molar refractivity (Wildman–Crippen MR) is 40.2 cm³/mol. The van der Waals surface area contributed by atoms with E-state index < -0.39 is 0 Å². The molecule has 0 unspecified atom stereocenters. The zero-order chi connectivity index (χ0) is 8.32. The summed E-state index contributed by atoms with van der Waals surface area (Å²) in [5, 5.41) is 0. The van der Waals surface area contributed by atoms with Crippen LogP contribution in [-0.4, -0.2) is 25.8 Å². The Bertz CT molecular complexity index is 149. The molecule has 3 heteroatoms. The molecule has 0 aromatic heterocycles. The fourth-order valence-electron chi connectivity index (χ4n) is 0.891. The molecule has 0 N–H and O–H groups in total. The van der Waals surface area contributed by atoms with Gasteiger partial charge < -0.3 is 9.47 Å². The van der Waals surface area contributed by atoms with Crippen LogP contribution in [0, 0.1) is 5.41 Å². The summed E-state index contributed by atoms with van der Waals surface area (Å²) in [6, 6.07) is 0. The molecule has 0 amide bonds. The van der Waals surface area contributed by atoms with Crippen LogP contribution in [0.25, 0.3) is 0 Å². The van der Waals surface area contributed by atoms with Crippen molar-refractivity contribution in [1.29, 1.82) is 0 Å². The van der Waals surface area contributed by atoms with Crippen LogP contribution in [0.5, 0.6) is 0 Å². The van der Waals surface area contributed by atoms with Crippen molar-refractivity contribution < 1.29 is 14.3 Å². The lowest BCUT2D eigenvalue weighted by atomic mass is 9.90. The van der Waals surface area contributed by atoms with Gasteiger partial charge in [0.15, 0.2) is 0 Å². The van der Waals surface area contributed by atoms with Crippen molar-refractivity contribution in [3.8, 4) is 0 Å². The Hall–Kier alpha value is -0.570. The summed E-state index contributed by atoms with van der Waals surface area (Å²) in [5.74, 6) is -0.127. The highest BCUT2D eigenvalue weighted by atomic mass is 16.5. The molecule has 1 aliphatic rings. The molecule has 0 spiro atoms. The maximum Gasteiger partial charge on any atom is 0.305 e. The van der Waals surface area contributed by atoms with E-state index in [1.807, 2.05) is 0 Å². The minimum absolute atomic E-state index is 0.0881. The first-order valence-electron chi connectivity index (χ1n) is 3.90. The molecule has 0 aromatic rings. The monoisotopic (exact) mass is 158 g/mol. The maximum atomic E-state index is 10.7. The fourth-order valence-corrected chi connectivity index (χ4v) is 0.891. The van der Waals surface area contributed by atoms with Crippen molar-refractivity contribution >= 4 is 5.97 Å². The van der Waals surface area contributed by atoms with Crippen LogP contribution in [0.1, 0.15) is 20.3 Å². The molecular weight excluding hydrogens is 144 g/mol. The van der Waals surface area contributed by atoms with Gasteiger partial charge in [-0.15, -0.1) is 0 Å². The van der Waals surface area contributed by atoms with E-state index in [9.17, 15) is 4.79 Å². The first kappa shape index (κ1) is 8.53. The van der Waals surface area contributed by atoms with Crippen molar-refractivity contribution in [2.75, 3.05) is 19.8 Å². The van der Waals surface area contributed by atoms with Gasteiger partial charge in [-0.25, -0.2) is 0 Å². The van der Waals surface area contributed by atoms with Gasteiger partial charge in [-0.3, -0.25) is 4.79 Å². The molecule has 0 atom stereocenters. The molecule has 1 aliphatic heterocycles. The minimum atomic E-state index is -0.127. The summed E-state index contributed by atoms with van der Waals surface area (Å²) in [5.41, 5.74) is 0.0881. The van der Waals surface area contributed by atoms with Crippen LogP contribution in [0.2, 0.25) is 0 Å². The summed E-state index contributed by atoms with van der Waals surface area (Å²) in [4.78, 5) is 10.7. The summed E-state index contributed by atoms with van der Waals surface area (Å²) in [6.45, 7) is 5.77. The average Bonchev–Trinajstić information content (AvgIpc) is 1.96. The Morgan fingerprint density at radius 3 is 2.64 bits per heavy atom. The SMILES string of the molecule is CCC(=O)OCC1(C)COC1. The zero-order valence-electron chi connectivity index (χ0n) is 7.05. The molecule has 1 heterocycles. The van der Waals surface area contributed by atoms with E-state index in [2.05, 4.69) is 6.92 Å². The third-order valence-electron chi connectivity index (χ3n) is 1.77. The van der Waals surface area contributed by atoms with Gasteiger partial charge in [-0.05, 0) is 0 Å². The highest BCUT2D eigenvalue weighted by molar-refractivity contribution is 5.68. The third kappa shape index (κ3) is 2.19. The number of hydrogen-bond donors (Lipinski definition) is 0. The molecular formula is C8H14O3. The van der Waals surface area contributed by atoms with E-state index in [0.29, 0.717) is 26.2 Å². The van der Waals surface area contributed by atoms with Crippen LogP contribution in [0.4, 0.5) is 0 Å². The molecule has 0 aromatic carbocycles.